The monoisotopic (exact) mass is 292 g/mol. The van der Waals surface area contributed by atoms with Crippen molar-refractivity contribution in [3.05, 3.63) is 29.3 Å². The van der Waals surface area contributed by atoms with Crippen molar-refractivity contribution in [2.45, 2.75) is 39.3 Å². The predicted molar refractivity (Wildman–Crippen MR) is 86.8 cm³/mol. The van der Waals surface area contributed by atoms with Gasteiger partial charge in [0.15, 0.2) is 0 Å². The van der Waals surface area contributed by atoms with Gasteiger partial charge in [-0.3, -0.25) is 0 Å². The molecule has 4 nitrogen and oxygen atoms in total. The number of piperidine rings is 1. The molecule has 0 unspecified atom stereocenters. The zero-order chi connectivity index (χ0) is 15.1. The molecule has 4 heteroatoms. The number of ether oxygens (including phenoxy) is 1. The summed E-state index contributed by atoms with van der Waals surface area (Å²) in [5.41, 5.74) is 4.04. The summed E-state index contributed by atoms with van der Waals surface area (Å²) in [5.74, 6) is 0. The molecule has 1 heterocycles. The van der Waals surface area contributed by atoms with Gasteiger partial charge in [0.2, 0.25) is 0 Å². The number of nitrogens with one attached hydrogen (secondary N) is 1. The van der Waals surface area contributed by atoms with Crippen molar-refractivity contribution in [1.29, 1.82) is 0 Å². The van der Waals surface area contributed by atoms with Crippen LogP contribution in [0.3, 0.4) is 0 Å². The minimum absolute atomic E-state index is 0.118. The van der Waals surface area contributed by atoms with Crippen molar-refractivity contribution in [3.63, 3.8) is 0 Å². The molecule has 1 fully saturated rings. The van der Waals surface area contributed by atoms with E-state index >= 15 is 0 Å². The first-order valence-corrected chi connectivity index (χ1v) is 8.02. The van der Waals surface area contributed by atoms with Crippen LogP contribution in [0.4, 0.5) is 5.69 Å². The lowest BCUT2D eigenvalue weighted by atomic mass is 10.0. The molecule has 0 aliphatic carbocycles. The number of aryl methyl sites for hydroxylation is 1. The molecule has 0 radical (unpaired) electrons. The summed E-state index contributed by atoms with van der Waals surface area (Å²) in [7, 11) is 0. The molecule has 0 bridgehead atoms. The Morgan fingerprint density at radius 1 is 1.33 bits per heavy atom. The summed E-state index contributed by atoms with van der Waals surface area (Å²) in [6, 6.07) is 6.75. The number of nitrogens with zero attached hydrogens (tertiary/aromatic N) is 1. The maximum atomic E-state index is 8.81. The molecule has 2 N–H and O–H groups in total. The molecular formula is C17H28N2O2. The van der Waals surface area contributed by atoms with Gasteiger partial charge >= 0.3 is 0 Å². The van der Waals surface area contributed by atoms with Crippen molar-refractivity contribution in [2.75, 3.05) is 37.7 Å². The summed E-state index contributed by atoms with van der Waals surface area (Å²) in [4.78, 5) is 2.45. The van der Waals surface area contributed by atoms with Gasteiger partial charge in [-0.15, -0.1) is 0 Å². The second-order valence-corrected chi connectivity index (χ2v) is 5.68. The Bertz CT molecular complexity index is 429. The van der Waals surface area contributed by atoms with Gasteiger partial charge in [0.25, 0.3) is 0 Å². The molecule has 1 saturated heterocycles. The molecule has 1 aromatic rings. The zero-order valence-electron chi connectivity index (χ0n) is 13.3. The minimum atomic E-state index is 0.118. The molecule has 0 saturated carbocycles. The van der Waals surface area contributed by atoms with Gasteiger partial charge in [-0.05, 0) is 43.5 Å². The lowest BCUT2D eigenvalue weighted by Gasteiger charge is -2.34. The van der Waals surface area contributed by atoms with Crippen molar-refractivity contribution in [3.8, 4) is 0 Å². The lowest BCUT2D eigenvalue weighted by molar-refractivity contribution is 0.0159. The van der Waals surface area contributed by atoms with Crippen LogP contribution < -0.4 is 10.2 Å². The lowest BCUT2D eigenvalue weighted by Crippen LogP contribution is -2.37. The van der Waals surface area contributed by atoms with E-state index in [1.807, 2.05) is 0 Å². The minimum Gasteiger partial charge on any atom is -0.394 e. The van der Waals surface area contributed by atoms with Gasteiger partial charge in [-0.25, -0.2) is 0 Å². The number of rotatable bonds is 7. The Morgan fingerprint density at radius 2 is 2.10 bits per heavy atom. The fourth-order valence-electron chi connectivity index (χ4n) is 2.93. The van der Waals surface area contributed by atoms with Crippen molar-refractivity contribution in [2.24, 2.45) is 0 Å². The first kappa shape index (κ1) is 16.3. The smallest absolute Gasteiger partial charge is 0.0701 e. The van der Waals surface area contributed by atoms with E-state index in [0.29, 0.717) is 12.7 Å². The quantitative estimate of drug-likeness (QED) is 0.808. The summed E-state index contributed by atoms with van der Waals surface area (Å²) in [5, 5.41) is 12.2. The standard InChI is InChI=1S/C17H28N2O2/c1-3-18-13-15-4-5-17(14(2)12-15)19-8-6-16(7-9-19)21-11-10-20/h4-5,12,16,18,20H,3,6-11,13H2,1-2H3. The molecule has 0 atom stereocenters. The number of aliphatic hydroxyl groups is 1. The third kappa shape index (κ3) is 4.70. The number of hydrogen-bond donors (Lipinski definition) is 2. The molecule has 0 amide bonds. The van der Waals surface area contributed by atoms with Gasteiger partial charge in [0.1, 0.15) is 0 Å². The number of aliphatic hydroxyl groups excluding tert-OH is 1. The fourth-order valence-corrected chi connectivity index (χ4v) is 2.93. The molecule has 1 aliphatic heterocycles. The third-order valence-corrected chi connectivity index (χ3v) is 4.07. The van der Waals surface area contributed by atoms with Crippen LogP contribution in [0.15, 0.2) is 18.2 Å². The second kappa shape index (κ2) is 8.37. The Morgan fingerprint density at radius 3 is 2.71 bits per heavy atom. The first-order valence-electron chi connectivity index (χ1n) is 8.02. The van der Waals surface area contributed by atoms with Crippen LogP contribution in [-0.2, 0) is 11.3 Å². The average Bonchev–Trinajstić information content (AvgIpc) is 2.52. The van der Waals surface area contributed by atoms with Crippen molar-refractivity contribution >= 4 is 5.69 Å². The van der Waals surface area contributed by atoms with E-state index in [1.54, 1.807) is 0 Å². The van der Waals surface area contributed by atoms with Gasteiger partial charge in [0.05, 0.1) is 19.3 Å². The molecule has 1 aliphatic rings. The van der Waals surface area contributed by atoms with Crippen LogP contribution in [0.5, 0.6) is 0 Å². The molecule has 118 valence electrons. The predicted octanol–water partition coefficient (Wildman–Crippen LogP) is 2.08. The summed E-state index contributed by atoms with van der Waals surface area (Å²) in [6.07, 6.45) is 2.39. The Labute approximate surface area is 128 Å². The Kier molecular flexibility index (Phi) is 6.49. The molecular weight excluding hydrogens is 264 g/mol. The van der Waals surface area contributed by atoms with E-state index in [9.17, 15) is 0 Å². The maximum Gasteiger partial charge on any atom is 0.0701 e. The van der Waals surface area contributed by atoms with E-state index in [0.717, 1.165) is 39.0 Å². The highest BCUT2D eigenvalue weighted by molar-refractivity contribution is 5.54. The molecule has 0 aromatic heterocycles. The number of anilines is 1. The number of benzene rings is 1. The zero-order valence-corrected chi connectivity index (χ0v) is 13.3. The van der Waals surface area contributed by atoms with Crippen molar-refractivity contribution < 1.29 is 9.84 Å². The van der Waals surface area contributed by atoms with Crippen LogP contribution in [0.25, 0.3) is 0 Å². The highest BCUT2D eigenvalue weighted by Gasteiger charge is 2.20. The SMILES string of the molecule is CCNCc1ccc(N2CCC(OCCO)CC2)c(C)c1. The maximum absolute atomic E-state index is 8.81. The highest BCUT2D eigenvalue weighted by Crippen LogP contribution is 2.25. The van der Waals surface area contributed by atoms with Crippen LogP contribution in [0, 0.1) is 6.92 Å². The van der Waals surface area contributed by atoms with E-state index in [4.69, 9.17) is 9.84 Å². The van der Waals surface area contributed by atoms with Crippen LogP contribution in [0.1, 0.15) is 30.9 Å². The highest BCUT2D eigenvalue weighted by atomic mass is 16.5. The van der Waals surface area contributed by atoms with E-state index < -0.39 is 0 Å². The van der Waals surface area contributed by atoms with E-state index in [1.165, 1.54) is 16.8 Å². The largest absolute Gasteiger partial charge is 0.394 e. The van der Waals surface area contributed by atoms with Crippen LogP contribution in [0.2, 0.25) is 0 Å². The number of hydrogen-bond acceptors (Lipinski definition) is 4. The molecule has 1 aromatic carbocycles. The van der Waals surface area contributed by atoms with Crippen LogP contribution in [-0.4, -0.2) is 44.1 Å². The topological polar surface area (TPSA) is 44.7 Å². The molecule has 0 spiro atoms. The molecule has 2 rings (SSSR count). The van der Waals surface area contributed by atoms with Crippen molar-refractivity contribution in [1.82, 2.24) is 5.32 Å². The Hall–Kier alpha value is -1.10. The summed E-state index contributed by atoms with van der Waals surface area (Å²) < 4.78 is 5.63. The van der Waals surface area contributed by atoms with Gasteiger partial charge in [0, 0.05) is 25.3 Å². The third-order valence-electron chi connectivity index (χ3n) is 4.07. The van der Waals surface area contributed by atoms with E-state index in [-0.39, 0.29) is 6.61 Å². The van der Waals surface area contributed by atoms with E-state index in [2.05, 4.69) is 42.3 Å². The Balaban J connectivity index is 1.91. The van der Waals surface area contributed by atoms with Crippen LogP contribution >= 0.6 is 0 Å². The summed E-state index contributed by atoms with van der Waals surface area (Å²) >= 11 is 0. The van der Waals surface area contributed by atoms with Gasteiger partial charge in [-0.1, -0.05) is 19.1 Å². The first-order chi connectivity index (χ1) is 10.2. The van der Waals surface area contributed by atoms with Gasteiger partial charge < -0.3 is 20.1 Å². The fraction of sp³-hybridized carbons (Fsp3) is 0.647. The normalized spacial score (nSPS) is 16.4. The average molecular weight is 292 g/mol. The summed E-state index contributed by atoms with van der Waals surface area (Å²) in [6.45, 7) is 8.91. The molecule has 21 heavy (non-hydrogen) atoms. The second-order valence-electron chi connectivity index (χ2n) is 5.68. The van der Waals surface area contributed by atoms with Gasteiger partial charge in [-0.2, -0.15) is 0 Å².